The van der Waals surface area contributed by atoms with Crippen LogP contribution in [-0.2, 0) is 0 Å². The van der Waals surface area contributed by atoms with Crippen molar-refractivity contribution in [1.29, 1.82) is 0 Å². The van der Waals surface area contributed by atoms with Crippen LogP contribution >= 0.6 is 45.6 Å². The third-order valence-electron chi connectivity index (χ3n) is 3.43. The molecule has 7 heteroatoms. The van der Waals surface area contributed by atoms with Crippen LogP contribution in [0.5, 0.6) is 0 Å². The summed E-state index contributed by atoms with van der Waals surface area (Å²) in [6, 6.07) is 0. The molecule has 0 radical (unpaired) electrons. The van der Waals surface area contributed by atoms with Crippen LogP contribution in [0.3, 0.4) is 0 Å². The number of halogens is 1. The smallest absolute Gasteiger partial charge is 0.172 e. The number of hydrogen-bond donors (Lipinski definition) is 0. The molecule has 1 unspecified atom stereocenters. The average Bonchev–Trinajstić information content (AvgIpc) is 2.79. The summed E-state index contributed by atoms with van der Waals surface area (Å²) < 4.78 is 0. The van der Waals surface area contributed by atoms with Crippen LogP contribution < -0.4 is 0 Å². The second-order valence-corrected chi connectivity index (χ2v) is 7.23. The quantitative estimate of drug-likeness (QED) is 0.509. The Bertz CT molecular complexity index is 301. The molecular weight excluding hydrogens is 391 g/mol. The molecule has 0 spiro atoms. The predicted molar refractivity (Wildman–Crippen MR) is 98.4 cm³/mol. The molecule has 112 valence electrons. The number of nitrogens with zero attached hydrogens (tertiary/aromatic N) is 4. The van der Waals surface area contributed by atoms with Gasteiger partial charge in [-0.15, -0.1) is 24.0 Å². The molecule has 4 nitrogen and oxygen atoms in total. The molecule has 0 aromatic rings. The van der Waals surface area contributed by atoms with Gasteiger partial charge in [0.15, 0.2) is 10.7 Å². The second kappa shape index (κ2) is 8.96. The summed E-state index contributed by atoms with van der Waals surface area (Å²) in [4.78, 5) is 12.0. The highest BCUT2D eigenvalue weighted by atomic mass is 127. The first-order valence-corrected chi connectivity index (χ1v) is 8.97. The highest BCUT2D eigenvalue weighted by molar-refractivity contribution is 14.0. The minimum absolute atomic E-state index is 0. The minimum Gasteiger partial charge on any atom is -0.349 e. The van der Waals surface area contributed by atoms with Gasteiger partial charge in [-0.1, -0.05) is 6.92 Å². The van der Waals surface area contributed by atoms with Gasteiger partial charge < -0.3 is 9.80 Å². The number of likely N-dealkylation sites (N-methyl/N-ethyl adjacent to an activating group) is 1. The first kappa shape index (κ1) is 17.9. The van der Waals surface area contributed by atoms with E-state index in [2.05, 4.69) is 35.7 Å². The molecule has 0 N–H and O–H groups in total. The van der Waals surface area contributed by atoms with E-state index >= 15 is 0 Å². The lowest BCUT2D eigenvalue weighted by atomic mass is 10.2. The Kier molecular flexibility index (Phi) is 8.43. The molecule has 0 amide bonds. The molecule has 2 aliphatic rings. The summed E-state index contributed by atoms with van der Waals surface area (Å²) in [5.74, 6) is 0. The van der Waals surface area contributed by atoms with E-state index in [-0.39, 0.29) is 29.5 Å². The molecule has 2 rings (SSSR count). The van der Waals surface area contributed by atoms with Gasteiger partial charge in [-0.25, -0.2) is 4.99 Å². The largest absolute Gasteiger partial charge is 0.349 e. The Morgan fingerprint density at radius 1 is 1.21 bits per heavy atom. The zero-order valence-corrected chi connectivity index (χ0v) is 16.0. The van der Waals surface area contributed by atoms with Gasteiger partial charge in [-0.2, -0.15) is 0 Å². The zero-order valence-electron chi connectivity index (χ0n) is 12.0. The van der Waals surface area contributed by atoms with Crippen molar-refractivity contribution in [2.45, 2.75) is 25.3 Å². The van der Waals surface area contributed by atoms with Gasteiger partial charge >= 0.3 is 0 Å². The standard InChI is InChI=1S/C12H24N4S2.HI/c1-4-15-7-5-6-8-16(10-9-15)12-13-11(14(2)3)17-18-12;/h11H,4-10H2,1-3H3;1H. The van der Waals surface area contributed by atoms with Gasteiger partial charge in [0.05, 0.1) is 0 Å². The van der Waals surface area contributed by atoms with Crippen molar-refractivity contribution >= 4 is 50.7 Å². The van der Waals surface area contributed by atoms with Crippen molar-refractivity contribution in [2.24, 2.45) is 4.99 Å². The van der Waals surface area contributed by atoms with E-state index in [0.717, 1.165) is 6.54 Å². The van der Waals surface area contributed by atoms with Crippen LogP contribution in [0.25, 0.3) is 0 Å². The van der Waals surface area contributed by atoms with E-state index in [0.29, 0.717) is 0 Å². The van der Waals surface area contributed by atoms with Crippen molar-refractivity contribution in [3.63, 3.8) is 0 Å². The normalized spacial score (nSPS) is 25.8. The number of hydrogen-bond acceptors (Lipinski definition) is 6. The molecule has 1 fully saturated rings. The fraction of sp³-hybridized carbons (Fsp3) is 0.917. The lowest BCUT2D eigenvalue weighted by molar-refractivity contribution is 0.227. The summed E-state index contributed by atoms with van der Waals surface area (Å²) in [6.45, 7) is 8.16. The Labute approximate surface area is 142 Å². The molecule has 0 aromatic carbocycles. The van der Waals surface area contributed by atoms with Crippen LogP contribution in [0.15, 0.2) is 4.99 Å². The van der Waals surface area contributed by atoms with Gasteiger partial charge in [-0.3, -0.25) is 4.90 Å². The van der Waals surface area contributed by atoms with E-state index in [1.54, 1.807) is 0 Å². The van der Waals surface area contributed by atoms with Crippen molar-refractivity contribution in [1.82, 2.24) is 14.7 Å². The minimum atomic E-state index is 0. The van der Waals surface area contributed by atoms with Gasteiger partial charge in [0, 0.05) is 19.6 Å². The molecule has 0 bridgehead atoms. The first-order chi connectivity index (χ1) is 8.70. The lowest BCUT2D eigenvalue weighted by Crippen LogP contribution is -2.40. The van der Waals surface area contributed by atoms with Gasteiger partial charge in [0.1, 0.15) is 0 Å². The van der Waals surface area contributed by atoms with Gasteiger partial charge in [-0.05, 0) is 61.6 Å². The molecular formula is C12H25IN4S2. The summed E-state index contributed by atoms with van der Waals surface area (Å²) >= 11 is 0. The topological polar surface area (TPSA) is 22.1 Å². The van der Waals surface area contributed by atoms with Crippen molar-refractivity contribution in [2.75, 3.05) is 46.8 Å². The fourth-order valence-electron chi connectivity index (χ4n) is 2.19. The van der Waals surface area contributed by atoms with Crippen LogP contribution in [0.2, 0.25) is 0 Å². The number of amidine groups is 1. The Morgan fingerprint density at radius 3 is 2.58 bits per heavy atom. The van der Waals surface area contributed by atoms with Crippen molar-refractivity contribution in [3.8, 4) is 0 Å². The average molecular weight is 416 g/mol. The van der Waals surface area contributed by atoms with E-state index in [1.165, 1.54) is 44.2 Å². The predicted octanol–water partition coefficient (Wildman–Crippen LogP) is 2.62. The summed E-state index contributed by atoms with van der Waals surface area (Å²) in [5, 5.41) is 1.23. The van der Waals surface area contributed by atoms with E-state index in [4.69, 9.17) is 4.99 Å². The molecule has 0 aliphatic carbocycles. The van der Waals surface area contributed by atoms with E-state index in [1.807, 2.05) is 21.6 Å². The molecule has 1 atom stereocenters. The molecule has 0 saturated carbocycles. The second-order valence-electron chi connectivity index (χ2n) is 5.01. The summed E-state index contributed by atoms with van der Waals surface area (Å²) in [6.07, 6.45) is 2.60. The van der Waals surface area contributed by atoms with Gasteiger partial charge in [0.25, 0.3) is 0 Å². The zero-order chi connectivity index (χ0) is 13.0. The lowest BCUT2D eigenvalue weighted by Gasteiger charge is -2.30. The number of aliphatic imine (C=N–C) groups is 1. The highest BCUT2D eigenvalue weighted by Gasteiger charge is 2.25. The van der Waals surface area contributed by atoms with Crippen molar-refractivity contribution in [3.05, 3.63) is 0 Å². The maximum absolute atomic E-state index is 4.81. The molecule has 2 heterocycles. The molecule has 1 saturated heterocycles. The Balaban J connectivity index is 0.00000180. The van der Waals surface area contributed by atoms with Crippen molar-refractivity contribution < 1.29 is 0 Å². The van der Waals surface area contributed by atoms with E-state index < -0.39 is 0 Å². The third-order valence-corrected chi connectivity index (χ3v) is 5.99. The number of rotatable bonds is 2. The monoisotopic (exact) mass is 416 g/mol. The molecule has 2 aliphatic heterocycles. The fourth-order valence-corrected chi connectivity index (χ4v) is 4.78. The first-order valence-electron chi connectivity index (χ1n) is 6.75. The maximum Gasteiger partial charge on any atom is 0.172 e. The molecule has 19 heavy (non-hydrogen) atoms. The van der Waals surface area contributed by atoms with Crippen LogP contribution in [0.4, 0.5) is 0 Å². The van der Waals surface area contributed by atoms with Crippen LogP contribution in [0.1, 0.15) is 19.8 Å². The van der Waals surface area contributed by atoms with E-state index in [9.17, 15) is 0 Å². The summed E-state index contributed by atoms with van der Waals surface area (Å²) in [5.41, 5.74) is 0.290. The Morgan fingerprint density at radius 2 is 1.95 bits per heavy atom. The van der Waals surface area contributed by atoms with Crippen LogP contribution in [0, 0.1) is 0 Å². The summed E-state index contributed by atoms with van der Waals surface area (Å²) in [7, 11) is 7.89. The Hall–Kier alpha value is 0.820. The molecule has 0 aromatic heterocycles. The van der Waals surface area contributed by atoms with Gasteiger partial charge in [0.2, 0.25) is 0 Å². The highest BCUT2D eigenvalue weighted by Crippen LogP contribution is 2.38. The third kappa shape index (κ3) is 5.26. The SMILES string of the molecule is CCN1CCCCN(C2=NC(N(C)C)SS2)CC1.I. The van der Waals surface area contributed by atoms with Crippen LogP contribution in [-0.4, -0.2) is 72.2 Å². The maximum atomic E-state index is 4.81.